The number of carbonyl (C=O) groups is 1. The second-order valence-electron chi connectivity index (χ2n) is 3.19. The molecule has 5 radical (unpaired) electrons. The van der Waals surface area contributed by atoms with Gasteiger partial charge in [-0.1, -0.05) is 0 Å². The summed E-state index contributed by atoms with van der Waals surface area (Å²) in [7, 11) is 4.01. The third kappa shape index (κ3) is 1.86. The van der Waals surface area contributed by atoms with E-state index >= 15 is 0 Å². The van der Waals surface area contributed by atoms with Crippen molar-refractivity contribution in [2.24, 2.45) is 0 Å². The Bertz CT molecular complexity index is 156. The van der Waals surface area contributed by atoms with Gasteiger partial charge in [0.05, 0.1) is 5.92 Å². The molecular weight excluding hydrogens is 150 g/mol. The quantitative estimate of drug-likeness (QED) is 0.578. The monoisotopic (exact) mass is 164 g/mol. The number of hydrogen-bond acceptors (Lipinski definition) is 2. The smallest absolute Gasteiger partial charge is 0.128 e. The van der Waals surface area contributed by atoms with Crippen molar-refractivity contribution in [3.8, 4) is 0 Å². The molecule has 0 aromatic heterocycles. The van der Waals surface area contributed by atoms with E-state index in [4.69, 9.17) is 0 Å². The largest absolute Gasteiger partial charge is 0.306 e. The van der Waals surface area contributed by atoms with Crippen molar-refractivity contribution in [3.05, 3.63) is 31.1 Å². The maximum absolute atomic E-state index is 10.6. The van der Waals surface area contributed by atoms with E-state index in [1.807, 2.05) is 33.4 Å². The fourth-order valence-electron chi connectivity index (χ4n) is 1.21. The predicted molar refractivity (Wildman–Crippen MR) is 48.6 cm³/mol. The molecule has 2 nitrogen and oxygen atoms in total. The van der Waals surface area contributed by atoms with Gasteiger partial charge in [0.1, 0.15) is 6.29 Å². The van der Waals surface area contributed by atoms with Crippen LogP contribution in [0.2, 0.25) is 0 Å². The highest BCUT2D eigenvalue weighted by molar-refractivity contribution is 5.81. The Morgan fingerprint density at radius 2 is 2.08 bits per heavy atom. The van der Waals surface area contributed by atoms with E-state index in [9.17, 15) is 4.79 Å². The lowest BCUT2D eigenvalue weighted by molar-refractivity contribution is -0.106. The average Bonchev–Trinajstić information content (AvgIpc) is 2.49. The summed E-state index contributed by atoms with van der Waals surface area (Å²) in [5, 5.41) is 0. The molecule has 0 aliphatic heterocycles. The third-order valence-electron chi connectivity index (χ3n) is 2.24. The minimum Gasteiger partial charge on any atom is -0.306 e. The second kappa shape index (κ2) is 4.04. The Balaban J connectivity index is 2.54. The SMILES string of the molecule is C[C@H]([C]1[CH][CH][CH][C]1C=O)N(C)C. The first-order valence-corrected chi connectivity index (χ1v) is 4.04. The number of aldehydes is 1. The van der Waals surface area contributed by atoms with Crippen LogP contribution < -0.4 is 0 Å². The first-order valence-electron chi connectivity index (χ1n) is 4.04. The summed E-state index contributed by atoms with van der Waals surface area (Å²) in [5.41, 5.74) is 0. The molecule has 0 unspecified atom stereocenters. The summed E-state index contributed by atoms with van der Waals surface area (Å²) in [6, 6.07) is 0.306. The molecule has 1 rings (SSSR count). The molecule has 0 heterocycles. The van der Waals surface area contributed by atoms with E-state index < -0.39 is 0 Å². The molecule has 0 spiro atoms. The summed E-state index contributed by atoms with van der Waals surface area (Å²) >= 11 is 0. The first kappa shape index (κ1) is 9.72. The molecule has 0 aromatic rings. The minimum atomic E-state index is 0.306. The van der Waals surface area contributed by atoms with Gasteiger partial charge in [-0.3, -0.25) is 0 Å². The standard InChI is InChI=1S/C10H14NO/c1-8(11(2)3)10-6-4-5-9(10)7-12/h4-8H,1-3H3/t8-/m1/s1. The lowest BCUT2D eigenvalue weighted by atomic mass is 9.90. The normalized spacial score (nSPS) is 23.3. The highest BCUT2D eigenvalue weighted by Crippen LogP contribution is 2.35. The Hall–Kier alpha value is -0.370. The Morgan fingerprint density at radius 3 is 2.58 bits per heavy atom. The van der Waals surface area contributed by atoms with Crippen LogP contribution in [0.15, 0.2) is 0 Å². The van der Waals surface area contributed by atoms with Crippen molar-refractivity contribution in [2.45, 2.75) is 13.0 Å². The fourth-order valence-corrected chi connectivity index (χ4v) is 1.21. The lowest BCUT2D eigenvalue weighted by Crippen LogP contribution is -2.32. The molecule has 1 saturated carbocycles. The van der Waals surface area contributed by atoms with Crippen molar-refractivity contribution >= 4 is 6.29 Å². The minimum absolute atomic E-state index is 0.306. The van der Waals surface area contributed by atoms with E-state index in [1.54, 1.807) is 0 Å². The molecule has 0 aromatic carbocycles. The van der Waals surface area contributed by atoms with Crippen LogP contribution in [-0.4, -0.2) is 31.3 Å². The van der Waals surface area contributed by atoms with Crippen LogP contribution in [0.5, 0.6) is 0 Å². The van der Waals surface area contributed by atoms with Crippen molar-refractivity contribution in [2.75, 3.05) is 14.1 Å². The summed E-state index contributed by atoms with van der Waals surface area (Å²) in [4.78, 5) is 12.7. The van der Waals surface area contributed by atoms with Crippen LogP contribution in [0, 0.1) is 31.1 Å². The molecule has 0 N–H and O–H groups in total. The van der Waals surface area contributed by atoms with Gasteiger partial charge in [-0.2, -0.15) is 0 Å². The van der Waals surface area contributed by atoms with Gasteiger partial charge in [-0.15, -0.1) is 0 Å². The van der Waals surface area contributed by atoms with Crippen LogP contribution in [0.4, 0.5) is 0 Å². The summed E-state index contributed by atoms with van der Waals surface area (Å²) < 4.78 is 0. The van der Waals surface area contributed by atoms with Gasteiger partial charge < -0.3 is 9.69 Å². The highest BCUT2D eigenvalue weighted by atomic mass is 16.1. The molecular formula is C10H14NO. The summed E-state index contributed by atoms with van der Waals surface area (Å²) in [5.74, 6) is 1.91. The van der Waals surface area contributed by atoms with Crippen LogP contribution in [0.1, 0.15) is 6.92 Å². The number of nitrogens with zero attached hydrogens (tertiary/aromatic N) is 1. The highest BCUT2D eigenvalue weighted by Gasteiger charge is 2.33. The molecule has 0 amide bonds. The van der Waals surface area contributed by atoms with Crippen LogP contribution >= 0.6 is 0 Å². The van der Waals surface area contributed by atoms with Gasteiger partial charge in [-0.25, -0.2) is 0 Å². The third-order valence-corrected chi connectivity index (χ3v) is 2.24. The van der Waals surface area contributed by atoms with Crippen LogP contribution in [0.25, 0.3) is 0 Å². The fraction of sp³-hybridized carbons (Fsp3) is 0.400. The average molecular weight is 164 g/mol. The van der Waals surface area contributed by atoms with E-state index in [0.29, 0.717) is 6.04 Å². The maximum atomic E-state index is 10.6. The summed E-state index contributed by atoms with van der Waals surface area (Å²) in [6.07, 6.45) is 6.67. The van der Waals surface area contributed by atoms with Crippen molar-refractivity contribution in [1.82, 2.24) is 4.90 Å². The molecule has 0 bridgehead atoms. The lowest BCUT2D eigenvalue weighted by Gasteiger charge is -2.27. The molecule has 0 saturated heterocycles. The topological polar surface area (TPSA) is 20.3 Å². The van der Waals surface area contributed by atoms with Gasteiger partial charge >= 0.3 is 0 Å². The van der Waals surface area contributed by atoms with E-state index in [2.05, 4.69) is 11.8 Å². The molecule has 1 aliphatic carbocycles. The zero-order valence-electron chi connectivity index (χ0n) is 7.74. The van der Waals surface area contributed by atoms with E-state index in [1.165, 1.54) is 0 Å². The second-order valence-corrected chi connectivity index (χ2v) is 3.19. The summed E-state index contributed by atoms with van der Waals surface area (Å²) in [6.45, 7) is 2.09. The zero-order chi connectivity index (χ0) is 9.14. The predicted octanol–water partition coefficient (Wildman–Crippen LogP) is 0.911. The molecule has 1 aliphatic rings. The van der Waals surface area contributed by atoms with E-state index in [0.717, 1.165) is 18.1 Å². The Morgan fingerprint density at radius 1 is 1.42 bits per heavy atom. The number of hydrogen-bond donors (Lipinski definition) is 0. The zero-order valence-corrected chi connectivity index (χ0v) is 7.74. The number of rotatable bonds is 3. The Labute approximate surface area is 74.9 Å². The van der Waals surface area contributed by atoms with Gasteiger partial charge in [0, 0.05) is 12.0 Å². The molecule has 1 fully saturated rings. The number of carbonyl (C=O) groups excluding carboxylic acids is 1. The van der Waals surface area contributed by atoms with Gasteiger partial charge in [0.15, 0.2) is 0 Å². The Kier molecular flexibility index (Phi) is 3.27. The van der Waals surface area contributed by atoms with Gasteiger partial charge in [0.2, 0.25) is 0 Å². The van der Waals surface area contributed by atoms with Crippen molar-refractivity contribution < 1.29 is 4.79 Å². The van der Waals surface area contributed by atoms with Gasteiger partial charge in [0.25, 0.3) is 0 Å². The van der Waals surface area contributed by atoms with Crippen LogP contribution in [-0.2, 0) is 4.79 Å². The molecule has 1 atom stereocenters. The first-order chi connectivity index (χ1) is 5.66. The molecule has 12 heavy (non-hydrogen) atoms. The van der Waals surface area contributed by atoms with Gasteiger partial charge in [-0.05, 0) is 40.3 Å². The molecule has 2 heteroatoms. The van der Waals surface area contributed by atoms with Crippen molar-refractivity contribution in [1.29, 1.82) is 0 Å². The van der Waals surface area contributed by atoms with Crippen molar-refractivity contribution in [3.63, 3.8) is 0 Å². The maximum Gasteiger partial charge on any atom is 0.128 e. The molecule has 65 valence electrons. The van der Waals surface area contributed by atoms with Crippen LogP contribution in [0.3, 0.4) is 0 Å². The van der Waals surface area contributed by atoms with E-state index in [-0.39, 0.29) is 0 Å².